The first-order valence-corrected chi connectivity index (χ1v) is 8.40. The van der Waals surface area contributed by atoms with Crippen LogP contribution in [-0.4, -0.2) is 32.1 Å². The summed E-state index contributed by atoms with van der Waals surface area (Å²) in [5, 5.41) is 0.715. The molecule has 0 aromatic heterocycles. The largest absolute Gasteiger partial charge is 0.213 e. The van der Waals surface area contributed by atoms with Gasteiger partial charge in [-0.25, -0.2) is 12.7 Å². The van der Waals surface area contributed by atoms with Gasteiger partial charge in [0.2, 0.25) is 10.0 Å². The molecule has 0 radical (unpaired) electrons. The van der Waals surface area contributed by atoms with E-state index in [9.17, 15) is 8.42 Å². The van der Waals surface area contributed by atoms with Gasteiger partial charge in [-0.15, -0.1) is 0 Å². The van der Waals surface area contributed by atoms with Crippen LogP contribution in [0, 0.1) is 0 Å². The number of hydrogen-bond acceptors (Lipinski definition) is 2. The SMILES string of the molecule is CS(=O)(=O)N1CCCCC(c2ccc(Cl)cc2)C1. The first-order chi connectivity index (χ1) is 8.47. The number of hydrogen-bond donors (Lipinski definition) is 0. The Morgan fingerprint density at radius 1 is 1.22 bits per heavy atom. The molecule has 0 bridgehead atoms. The van der Waals surface area contributed by atoms with Crippen LogP contribution in [0.5, 0.6) is 0 Å². The molecule has 5 heteroatoms. The van der Waals surface area contributed by atoms with Crippen molar-refractivity contribution in [3.8, 4) is 0 Å². The highest BCUT2D eigenvalue weighted by Crippen LogP contribution is 2.28. The summed E-state index contributed by atoms with van der Waals surface area (Å²) in [7, 11) is -3.09. The summed E-state index contributed by atoms with van der Waals surface area (Å²) >= 11 is 5.88. The summed E-state index contributed by atoms with van der Waals surface area (Å²) < 4.78 is 24.9. The third-order valence-electron chi connectivity index (χ3n) is 3.44. The zero-order valence-corrected chi connectivity index (χ0v) is 12.0. The molecule has 18 heavy (non-hydrogen) atoms. The van der Waals surface area contributed by atoms with Crippen molar-refractivity contribution in [1.29, 1.82) is 0 Å². The van der Waals surface area contributed by atoms with E-state index >= 15 is 0 Å². The summed E-state index contributed by atoms with van der Waals surface area (Å²) in [4.78, 5) is 0. The third kappa shape index (κ3) is 3.46. The molecule has 0 spiro atoms. The zero-order chi connectivity index (χ0) is 13.2. The Morgan fingerprint density at radius 2 is 1.89 bits per heavy atom. The smallest absolute Gasteiger partial charge is 0.211 e. The minimum Gasteiger partial charge on any atom is -0.213 e. The lowest BCUT2D eigenvalue weighted by Crippen LogP contribution is -2.33. The van der Waals surface area contributed by atoms with E-state index in [4.69, 9.17) is 11.6 Å². The Balaban J connectivity index is 2.19. The first-order valence-electron chi connectivity index (χ1n) is 6.17. The molecule has 1 heterocycles. The van der Waals surface area contributed by atoms with E-state index < -0.39 is 10.0 Å². The maximum Gasteiger partial charge on any atom is 0.211 e. The van der Waals surface area contributed by atoms with E-state index in [-0.39, 0.29) is 5.92 Å². The normalized spacial score (nSPS) is 22.7. The van der Waals surface area contributed by atoms with E-state index in [1.54, 1.807) is 4.31 Å². The Kier molecular flexibility index (Phi) is 4.30. The van der Waals surface area contributed by atoms with Crippen molar-refractivity contribution in [2.45, 2.75) is 25.2 Å². The fourth-order valence-electron chi connectivity index (χ4n) is 2.42. The number of nitrogens with zero attached hydrogens (tertiary/aromatic N) is 1. The van der Waals surface area contributed by atoms with Gasteiger partial charge in [0.15, 0.2) is 0 Å². The lowest BCUT2D eigenvalue weighted by molar-refractivity contribution is 0.410. The second-order valence-corrected chi connectivity index (χ2v) is 7.28. The number of rotatable bonds is 2. The highest BCUT2D eigenvalue weighted by molar-refractivity contribution is 7.88. The molecule has 1 unspecified atom stereocenters. The van der Waals surface area contributed by atoms with E-state index in [0.717, 1.165) is 19.3 Å². The second kappa shape index (κ2) is 5.59. The molecule has 1 atom stereocenters. The topological polar surface area (TPSA) is 37.4 Å². The van der Waals surface area contributed by atoms with E-state index in [2.05, 4.69) is 0 Å². The second-order valence-electron chi connectivity index (χ2n) is 4.87. The summed E-state index contributed by atoms with van der Waals surface area (Å²) in [5.74, 6) is 0.277. The van der Waals surface area contributed by atoms with Crippen molar-refractivity contribution in [1.82, 2.24) is 4.31 Å². The van der Waals surface area contributed by atoms with Crippen molar-refractivity contribution in [2.75, 3.05) is 19.3 Å². The molecule has 1 aliphatic heterocycles. The van der Waals surface area contributed by atoms with Crippen LogP contribution in [0.25, 0.3) is 0 Å². The molecule has 0 amide bonds. The van der Waals surface area contributed by atoms with Crippen molar-refractivity contribution < 1.29 is 8.42 Å². The van der Waals surface area contributed by atoms with Crippen molar-refractivity contribution >= 4 is 21.6 Å². The molecule has 100 valence electrons. The molecule has 0 saturated carbocycles. The molecule has 3 nitrogen and oxygen atoms in total. The predicted octanol–water partition coefficient (Wildman–Crippen LogP) is 2.87. The molecule has 1 saturated heterocycles. The lowest BCUT2D eigenvalue weighted by Gasteiger charge is -2.22. The van der Waals surface area contributed by atoms with Crippen LogP contribution in [0.1, 0.15) is 30.7 Å². The van der Waals surface area contributed by atoms with Crippen LogP contribution in [0.4, 0.5) is 0 Å². The Labute approximate surface area is 114 Å². The van der Waals surface area contributed by atoms with Gasteiger partial charge in [0.05, 0.1) is 6.26 Å². The van der Waals surface area contributed by atoms with E-state index in [1.807, 2.05) is 24.3 Å². The fraction of sp³-hybridized carbons (Fsp3) is 0.538. The molecule has 2 rings (SSSR count). The Hall–Kier alpha value is -0.580. The fourth-order valence-corrected chi connectivity index (χ4v) is 3.45. The van der Waals surface area contributed by atoms with Gasteiger partial charge in [0, 0.05) is 18.1 Å². The van der Waals surface area contributed by atoms with Gasteiger partial charge in [-0.2, -0.15) is 0 Å². The molecule has 1 aromatic carbocycles. The molecule has 1 aromatic rings. The maximum atomic E-state index is 11.7. The minimum absolute atomic E-state index is 0.277. The van der Waals surface area contributed by atoms with Crippen molar-refractivity contribution in [3.63, 3.8) is 0 Å². The van der Waals surface area contributed by atoms with E-state index in [0.29, 0.717) is 18.1 Å². The van der Waals surface area contributed by atoms with Crippen LogP contribution in [0.3, 0.4) is 0 Å². The highest BCUT2D eigenvalue weighted by Gasteiger charge is 2.24. The molecule has 0 N–H and O–H groups in total. The number of halogens is 1. The predicted molar refractivity (Wildman–Crippen MR) is 74.5 cm³/mol. The first kappa shape index (κ1) is 13.8. The van der Waals surface area contributed by atoms with Crippen LogP contribution in [-0.2, 0) is 10.0 Å². The Morgan fingerprint density at radius 3 is 2.50 bits per heavy atom. The lowest BCUT2D eigenvalue weighted by atomic mass is 9.95. The summed E-state index contributed by atoms with van der Waals surface area (Å²) in [6.45, 7) is 1.23. The van der Waals surface area contributed by atoms with Gasteiger partial charge in [-0.1, -0.05) is 30.2 Å². The van der Waals surface area contributed by atoms with Gasteiger partial charge in [0.1, 0.15) is 0 Å². The third-order valence-corrected chi connectivity index (χ3v) is 4.97. The van der Waals surface area contributed by atoms with Crippen LogP contribution >= 0.6 is 11.6 Å². The molecular weight excluding hydrogens is 270 g/mol. The van der Waals surface area contributed by atoms with Gasteiger partial charge >= 0.3 is 0 Å². The van der Waals surface area contributed by atoms with Gasteiger partial charge in [0.25, 0.3) is 0 Å². The Bertz CT molecular complexity index is 498. The molecule has 0 aliphatic carbocycles. The maximum absolute atomic E-state index is 11.7. The van der Waals surface area contributed by atoms with Crippen LogP contribution < -0.4 is 0 Å². The quantitative estimate of drug-likeness (QED) is 0.839. The average Bonchev–Trinajstić information content (AvgIpc) is 2.55. The van der Waals surface area contributed by atoms with Crippen LogP contribution in [0.2, 0.25) is 5.02 Å². The van der Waals surface area contributed by atoms with E-state index in [1.165, 1.54) is 11.8 Å². The van der Waals surface area contributed by atoms with Crippen LogP contribution in [0.15, 0.2) is 24.3 Å². The zero-order valence-electron chi connectivity index (χ0n) is 10.5. The van der Waals surface area contributed by atoms with Crippen molar-refractivity contribution in [3.05, 3.63) is 34.9 Å². The monoisotopic (exact) mass is 287 g/mol. The average molecular weight is 288 g/mol. The van der Waals surface area contributed by atoms with Gasteiger partial charge in [-0.05, 0) is 36.5 Å². The summed E-state index contributed by atoms with van der Waals surface area (Å²) in [6, 6.07) is 7.73. The van der Waals surface area contributed by atoms with Gasteiger partial charge in [-0.3, -0.25) is 0 Å². The minimum atomic E-state index is -3.09. The molecule has 1 aliphatic rings. The van der Waals surface area contributed by atoms with Gasteiger partial charge < -0.3 is 0 Å². The molecule has 1 fully saturated rings. The highest BCUT2D eigenvalue weighted by atomic mass is 35.5. The summed E-state index contributed by atoms with van der Waals surface area (Å²) in [6.07, 6.45) is 4.33. The molecular formula is C13H18ClNO2S. The summed E-state index contributed by atoms with van der Waals surface area (Å²) in [5.41, 5.74) is 1.18. The number of sulfonamides is 1. The van der Waals surface area contributed by atoms with Crippen molar-refractivity contribution in [2.24, 2.45) is 0 Å². The standard InChI is InChI=1S/C13H18ClNO2S/c1-18(16,17)15-9-3-2-4-12(10-15)11-5-7-13(14)8-6-11/h5-8,12H,2-4,9-10H2,1H3. The number of benzene rings is 1.